The van der Waals surface area contributed by atoms with Gasteiger partial charge in [0, 0.05) is 19.0 Å². The van der Waals surface area contributed by atoms with Crippen LogP contribution in [0.4, 0.5) is 4.79 Å². The molecule has 1 aromatic rings. The Kier molecular flexibility index (Phi) is 6.79. The Balaban J connectivity index is 2.78. The van der Waals surface area contributed by atoms with Crippen LogP contribution in [0.3, 0.4) is 0 Å². The molecule has 7 heteroatoms. The molecule has 0 atom stereocenters. The maximum Gasteiger partial charge on any atom is 0.315 e. The fourth-order valence-electron chi connectivity index (χ4n) is 1.64. The van der Waals surface area contributed by atoms with Crippen LogP contribution in [0.25, 0.3) is 0 Å². The molecule has 1 aromatic carbocycles. The van der Waals surface area contributed by atoms with Crippen LogP contribution in [-0.4, -0.2) is 39.8 Å². The number of carbonyl (C=O) groups is 1. The molecule has 0 radical (unpaired) electrons. The van der Waals surface area contributed by atoms with E-state index in [2.05, 4.69) is 10.6 Å². The van der Waals surface area contributed by atoms with Gasteiger partial charge >= 0.3 is 6.03 Å². The minimum atomic E-state index is -0.278. The summed E-state index contributed by atoms with van der Waals surface area (Å²) in [7, 11) is 4.63. The van der Waals surface area contributed by atoms with Crippen molar-refractivity contribution in [1.29, 1.82) is 0 Å². The molecule has 6 nitrogen and oxygen atoms in total. The molecular formula is C13H19ClN2O4. The van der Waals surface area contributed by atoms with Crippen LogP contribution >= 0.6 is 11.6 Å². The van der Waals surface area contributed by atoms with Gasteiger partial charge in [-0.25, -0.2) is 4.79 Å². The fraction of sp³-hybridized carbons (Fsp3) is 0.462. The van der Waals surface area contributed by atoms with E-state index in [9.17, 15) is 4.79 Å². The Hall–Kier alpha value is -1.82. The predicted molar refractivity (Wildman–Crippen MR) is 77.1 cm³/mol. The van der Waals surface area contributed by atoms with Gasteiger partial charge in [-0.3, -0.25) is 0 Å². The average molecular weight is 303 g/mol. The Morgan fingerprint density at radius 1 is 1.10 bits per heavy atom. The van der Waals surface area contributed by atoms with Crippen molar-refractivity contribution in [3.8, 4) is 17.2 Å². The van der Waals surface area contributed by atoms with Crippen molar-refractivity contribution in [3.63, 3.8) is 0 Å². The molecule has 0 heterocycles. The Morgan fingerprint density at radius 2 is 1.70 bits per heavy atom. The maximum atomic E-state index is 11.4. The number of nitrogens with one attached hydrogen (secondary N) is 2. The van der Waals surface area contributed by atoms with Crippen LogP contribution in [0, 0.1) is 0 Å². The van der Waals surface area contributed by atoms with E-state index in [1.165, 1.54) is 7.11 Å². The van der Waals surface area contributed by atoms with E-state index in [0.717, 1.165) is 5.56 Å². The molecule has 0 spiro atoms. The number of hydrogen-bond acceptors (Lipinski definition) is 4. The van der Waals surface area contributed by atoms with Crippen molar-refractivity contribution in [2.75, 3.05) is 33.8 Å². The van der Waals surface area contributed by atoms with Gasteiger partial charge in [-0.1, -0.05) is 0 Å². The van der Waals surface area contributed by atoms with Crippen molar-refractivity contribution in [3.05, 3.63) is 17.7 Å². The molecular weight excluding hydrogens is 284 g/mol. The summed E-state index contributed by atoms with van der Waals surface area (Å²) in [5.74, 6) is 1.98. The molecule has 0 unspecified atom stereocenters. The molecule has 0 bridgehead atoms. The molecule has 0 saturated heterocycles. The zero-order chi connectivity index (χ0) is 15.0. The van der Waals surface area contributed by atoms with Crippen molar-refractivity contribution in [2.24, 2.45) is 0 Å². The fourth-order valence-corrected chi connectivity index (χ4v) is 1.74. The molecule has 0 aliphatic heterocycles. The highest BCUT2D eigenvalue weighted by Crippen LogP contribution is 2.38. The van der Waals surface area contributed by atoms with Gasteiger partial charge in [0.15, 0.2) is 11.5 Å². The minimum absolute atomic E-state index is 0.278. The van der Waals surface area contributed by atoms with Gasteiger partial charge in [-0.05, 0) is 17.7 Å². The summed E-state index contributed by atoms with van der Waals surface area (Å²) < 4.78 is 15.7. The highest BCUT2D eigenvalue weighted by atomic mass is 35.5. The van der Waals surface area contributed by atoms with E-state index >= 15 is 0 Å². The van der Waals surface area contributed by atoms with Gasteiger partial charge < -0.3 is 24.8 Å². The first kappa shape index (κ1) is 16.2. The standard InChI is InChI=1S/C13H19ClN2O4/c1-18-10-6-9(7-11(19-2)12(10)20-3)8-16-13(17)15-5-4-14/h6-7H,4-5,8H2,1-3H3,(H2,15,16,17). The number of carbonyl (C=O) groups excluding carboxylic acids is 1. The molecule has 1 rings (SSSR count). The van der Waals surface area contributed by atoms with Gasteiger partial charge in [0.25, 0.3) is 0 Å². The zero-order valence-electron chi connectivity index (χ0n) is 11.8. The lowest BCUT2D eigenvalue weighted by molar-refractivity contribution is 0.241. The van der Waals surface area contributed by atoms with Crippen LogP contribution < -0.4 is 24.8 Å². The molecule has 0 aliphatic rings. The summed E-state index contributed by atoms with van der Waals surface area (Å²) in [6, 6.07) is 3.28. The first-order valence-corrected chi connectivity index (χ1v) is 6.56. The third-order valence-electron chi connectivity index (χ3n) is 2.56. The van der Waals surface area contributed by atoms with Crippen LogP contribution in [0.15, 0.2) is 12.1 Å². The predicted octanol–water partition coefficient (Wildman–Crippen LogP) is 1.75. The molecule has 0 saturated carbocycles. The number of rotatable bonds is 7. The molecule has 20 heavy (non-hydrogen) atoms. The minimum Gasteiger partial charge on any atom is -0.493 e. The number of urea groups is 1. The van der Waals surface area contributed by atoms with Gasteiger partial charge in [-0.15, -0.1) is 11.6 Å². The van der Waals surface area contributed by atoms with Gasteiger partial charge in [0.1, 0.15) is 0 Å². The number of ether oxygens (including phenoxy) is 3. The van der Waals surface area contributed by atoms with Crippen molar-refractivity contribution >= 4 is 17.6 Å². The van der Waals surface area contributed by atoms with Gasteiger partial charge in [0.05, 0.1) is 21.3 Å². The highest BCUT2D eigenvalue weighted by molar-refractivity contribution is 6.18. The number of alkyl halides is 1. The number of methoxy groups -OCH3 is 3. The third kappa shape index (κ3) is 4.38. The van der Waals surface area contributed by atoms with E-state index in [-0.39, 0.29) is 6.03 Å². The maximum absolute atomic E-state index is 11.4. The molecule has 112 valence electrons. The lowest BCUT2D eigenvalue weighted by Gasteiger charge is -2.14. The average Bonchev–Trinajstić information content (AvgIpc) is 2.49. The van der Waals surface area contributed by atoms with Gasteiger partial charge in [0.2, 0.25) is 5.75 Å². The second-order valence-electron chi connectivity index (χ2n) is 3.83. The lowest BCUT2D eigenvalue weighted by atomic mass is 10.2. The molecule has 2 N–H and O–H groups in total. The van der Waals surface area contributed by atoms with E-state index in [0.29, 0.717) is 36.2 Å². The quantitative estimate of drug-likeness (QED) is 0.753. The summed E-state index contributed by atoms with van der Waals surface area (Å²) in [4.78, 5) is 11.4. The zero-order valence-corrected chi connectivity index (χ0v) is 12.5. The number of hydrogen-bond donors (Lipinski definition) is 2. The second kappa shape index (κ2) is 8.37. The van der Waals surface area contributed by atoms with Crippen LogP contribution in [0.1, 0.15) is 5.56 Å². The van der Waals surface area contributed by atoms with E-state index in [1.54, 1.807) is 26.4 Å². The SMILES string of the molecule is COc1cc(CNC(=O)NCCCl)cc(OC)c1OC. The number of amides is 2. The van der Waals surface area contributed by atoms with Crippen LogP contribution in [0.5, 0.6) is 17.2 Å². The molecule has 0 fully saturated rings. The molecule has 0 aliphatic carbocycles. The topological polar surface area (TPSA) is 68.8 Å². The Labute approximate surface area is 123 Å². The van der Waals surface area contributed by atoms with E-state index < -0.39 is 0 Å². The summed E-state index contributed by atoms with van der Waals surface area (Å²) >= 11 is 5.49. The molecule has 0 aromatic heterocycles. The lowest BCUT2D eigenvalue weighted by Crippen LogP contribution is -2.36. The van der Waals surface area contributed by atoms with Crippen LogP contribution in [0.2, 0.25) is 0 Å². The molecule has 2 amide bonds. The second-order valence-corrected chi connectivity index (χ2v) is 4.21. The van der Waals surface area contributed by atoms with E-state index in [1.807, 2.05) is 0 Å². The summed E-state index contributed by atoms with van der Waals surface area (Å²) in [5, 5.41) is 5.33. The van der Waals surface area contributed by atoms with Crippen molar-refractivity contribution in [2.45, 2.75) is 6.54 Å². The number of benzene rings is 1. The van der Waals surface area contributed by atoms with Crippen molar-refractivity contribution < 1.29 is 19.0 Å². The Morgan fingerprint density at radius 3 is 2.15 bits per heavy atom. The largest absolute Gasteiger partial charge is 0.493 e. The highest BCUT2D eigenvalue weighted by Gasteiger charge is 2.13. The van der Waals surface area contributed by atoms with Crippen molar-refractivity contribution in [1.82, 2.24) is 10.6 Å². The van der Waals surface area contributed by atoms with E-state index in [4.69, 9.17) is 25.8 Å². The number of halogens is 1. The summed E-state index contributed by atoms with van der Waals surface area (Å²) in [6.07, 6.45) is 0. The van der Waals surface area contributed by atoms with Gasteiger partial charge in [-0.2, -0.15) is 0 Å². The summed E-state index contributed by atoms with van der Waals surface area (Å²) in [6.45, 7) is 0.757. The monoisotopic (exact) mass is 302 g/mol. The Bertz CT molecular complexity index is 429. The summed E-state index contributed by atoms with van der Waals surface area (Å²) in [5.41, 5.74) is 0.834. The first-order valence-electron chi connectivity index (χ1n) is 6.02. The smallest absolute Gasteiger partial charge is 0.315 e. The third-order valence-corrected chi connectivity index (χ3v) is 2.75. The normalized spacial score (nSPS) is 9.80. The first-order chi connectivity index (χ1) is 9.65. The van der Waals surface area contributed by atoms with Crippen LogP contribution in [-0.2, 0) is 6.54 Å².